The van der Waals surface area contributed by atoms with Gasteiger partial charge in [0.1, 0.15) is 11.8 Å². The normalized spacial score (nSPS) is 15.7. The van der Waals surface area contributed by atoms with Gasteiger partial charge in [-0.1, -0.05) is 24.3 Å². The molecule has 6 nitrogen and oxygen atoms in total. The number of hydrogen-bond acceptors (Lipinski definition) is 5. The molecule has 2 heterocycles. The third-order valence-corrected chi connectivity index (χ3v) is 6.94. The second kappa shape index (κ2) is 9.53. The van der Waals surface area contributed by atoms with Crippen molar-refractivity contribution >= 4 is 15.7 Å². The van der Waals surface area contributed by atoms with E-state index in [2.05, 4.69) is 4.98 Å². The highest BCUT2D eigenvalue weighted by Gasteiger charge is 2.45. The van der Waals surface area contributed by atoms with Crippen molar-refractivity contribution in [1.29, 1.82) is 0 Å². The number of rotatable bonds is 6. The molecular formula is C21H20F6N2O4S. The minimum absolute atomic E-state index is 0.0514. The van der Waals surface area contributed by atoms with E-state index in [0.717, 1.165) is 17.8 Å². The van der Waals surface area contributed by atoms with Crippen molar-refractivity contribution in [2.75, 3.05) is 19.4 Å². The molecule has 1 aliphatic heterocycles. The molecule has 1 aliphatic rings. The third-order valence-electron chi connectivity index (χ3n) is 5.49. The number of ether oxygens (including phenoxy) is 1. The molecule has 0 spiro atoms. The Balaban J connectivity index is 1.78. The predicted octanol–water partition coefficient (Wildman–Crippen LogP) is 4.05. The highest BCUT2D eigenvalue weighted by atomic mass is 32.2. The van der Waals surface area contributed by atoms with E-state index in [4.69, 9.17) is 4.74 Å². The summed E-state index contributed by atoms with van der Waals surface area (Å²) in [6.45, 7) is 0.187. The molecule has 1 amide bonds. The van der Waals surface area contributed by atoms with Gasteiger partial charge in [-0.2, -0.15) is 26.3 Å². The Morgan fingerprint density at radius 3 is 2.41 bits per heavy atom. The van der Waals surface area contributed by atoms with Gasteiger partial charge < -0.3 is 9.64 Å². The van der Waals surface area contributed by atoms with Crippen LogP contribution in [0.5, 0.6) is 0 Å². The first-order chi connectivity index (χ1) is 15.7. The van der Waals surface area contributed by atoms with Crippen molar-refractivity contribution in [3.8, 4) is 0 Å². The highest BCUT2D eigenvalue weighted by Crippen LogP contribution is 2.34. The summed E-state index contributed by atoms with van der Waals surface area (Å²) in [7, 11) is -4.01. The van der Waals surface area contributed by atoms with Gasteiger partial charge >= 0.3 is 11.7 Å². The fraction of sp³-hybridized carbons (Fsp3) is 0.429. The van der Waals surface area contributed by atoms with Gasteiger partial charge in [0.25, 0.3) is 0 Å². The minimum Gasteiger partial charge on any atom is -0.372 e. The van der Waals surface area contributed by atoms with Crippen LogP contribution in [-0.4, -0.2) is 49.1 Å². The Morgan fingerprint density at radius 1 is 1.15 bits per heavy atom. The number of benzene rings is 1. The summed E-state index contributed by atoms with van der Waals surface area (Å²) in [6, 6.07) is 7.23. The molecular weight excluding hydrogens is 490 g/mol. The Morgan fingerprint density at radius 2 is 1.85 bits per heavy atom. The summed E-state index contributed by atoms with van der Waals surface area (Å²) in [5.74, 6) is -2.05. The molecule has 0 radical (unpaired) electrons. The Kier molecular flexibility index (Phi) is 7.27. The number of aromatic nitrogens is 1. The molecule has 0 saturated carbocycles. The maximum atomic E-state index is 12.8. The summed E-state index contributed by atoms with van der Waals surface area (Å²) >= 11 is 0. The van der Waals surface area contributed by atoms with Crippen molar-refractivity contribution in [3.05, 3.63) is 64.5 Å². The van der Waals surface area contributed by atoms with E-state index in [0.29, 0.717) is 23.1 Å². The zero-order chi connectivity index (χ0) is 25.3. The maximum absolute atomic E-state index is 12.8. The number of halogens is 6. The summed E-state index contributed by atoms with van der Waals surface area (Å²) < 4.78 is 104. The average molecular weight is 510 g/mol. The average Bonchev–Trinajstić information content (AvgIpc) is 2.77. The number of nitrogens with zero attached hydrogens (tertiary/aromatic N) is 2. The number of carbonyl (C=O) groups is 1. The van der Waals surface area contributed by atoms with Crippen LogP contribution in [0, 0.1) is 0 Å². The number of amides is 1. The van der Waals surface area contributed by atoms with Gasteiger partial charge in [-0.15, -0.1) is 0 Å². The van der Waals surface area contributed by atoms with E-state index < -0.39 is 51.4 Å². The molecule has 0 bridgehead atoms. The lowest BCUT2D eigenvalue weighted by Crippen LogP contribution is -2.38. The second-order valence-electron chi connectivity index (χ2n) is 7.66. The Hall–Kier alpha value is -2.67. The van der Waals surface area contributed by atoms with E-state index in [1.165, 1.54) is 18.1 Å². The van der Waals surface area contributed by atoms with Gasteiger partial charge in [-0.3, -0.25) is 9.78 Å². The number of sulfone groups is 1. The topological polar surface area (TPSA) is 76.6 Å². The molecule has 13 heteroatoms. The zero-order valence-corrected chi connectivity index (χ0v) is 18.6. The molecule has 1 aromatic carbocycles. The van der Waals surface area contributed by atoms with Gasteiger partial charge in [0.15, 0.2) is 0 Å². The van der Waals surface area contributed by atoms with E-state index in [-0.39, 0.29) is 13.1 Å². The summed E-state index contributed by atoms with van der Waals surface area (Å²) in [6.07, 6.45) is -4.73. The maximum Gasteiger partial charge on any atom is 0.497 e. The van der Waals surface area contributed by atoms with Gasteiger partial charge in [0, 0.05) is 38.4 Å². The number of pyridine rings is 1. The summed E-state index contributed by atoms with van der Waals surface area (Å²) in [5, 5.41) is 0. The molecule has 34 heavy (non-hydrogen) atoms. The molecule has 1 aromatic heterocycles. The molecule has 0 aliphatic carbocycles. The molecule has 0 N–H and O–H groups in total. The zero-order valence-electron chi connectivity index (χ0n) is 17.8. The highest BCUT2D eigenvalue weighted by molar-refractivity contribution is 7.92. The van der Waals surface area contributed by atoms with Crippen molar-refractivity contribution in [1.82, 2.24) is 9.88 Å². The van der Waals surface area contributed by atoms with Gasteiger partial charge in [0.05, 0.1) is 5.75 Å². The van der Waals surface area contributed by atoms with Crippen LogP contribution in [0.1, 0.15) is 40.5 Å². The molecule has 3 rings (SSSR count). The third kappa shape index (κ3) is 5.52. The monoisotopic (exact) mass is 510 g/mol. The fourth-order valence-corrected chi connectivity index (χ4v) is 4.44. The number of alkyl halides is 6. The lowest BCUT2D eigenvalue weighted by atomic mass is 9.89. The standard InChI is InChI=1S/C21H20F6N2O4S/c1-33-19(13-5-6-17(28-11-13)20(22,23)24)16-4-2-3-14-12-29(9-7-15(14)16)18(30)8-10-34(31,32)21(25,26)27/h2-6,11,19H,7-10,12H2,1H3. The van der Waals surface area contributed by atoms with Crippen molar-refractivity contribution in [2.24, 2.45) is 0 Å². The van der Waals surface area contributed by atoms with Crippen molar-refractivity contribution in [2.45, 2.75) is 37.2 Å². The molecule has 2 aromatic rings. The van der Waals surface area contributed by atoms with Gasteiger partial charge in [0.2, 0.25) is 15.7 Å². The summed E-state index contributed by atoms with van der Waals surface area (Å²) in [4.78, 5) is 17.1. The Labute approximate surface area is 191 Å². The number of hydrogen-bond donors (Lipinski definition) is 0. The second-order valence-corrected chi connectivity index (χ2v) is 9.76. The molecule has 1 unspecified atom stereocenters. The lowest BCUT2D eigenvalue weighted by Gasteiger charge is -2.32. The first-order valence-corrected chi connectivity index (χ1v) is 11.6. The molecule has 186 valence electrons. The fourth-order valence-electron chi connectivity index (χ4n) is 3.76. The van der Waals surface area contributed by atoms with Crippen LogP contribution in [-0.2, 0) is 38.5 Å². The number of carbonyl (C=O) groups excluding carboxylic acids is 1. The van der Waals surface area contributed by atoms with Crippen LogP contribution >= 0.6 is 0 Å². The van der Waals surface area contributed by atoms with E-state index in [1.807, 2.05) is 0 Å². The van der Waals surface area contributed by atoms with E-state index in [9.17, 15) is 39.6 Å². The number of methoxy groups -OCH3 is 1. The van der Waals surface area contributed by atoms with Gasteiger partial charge in [-0.25, -0.2) is 8.42 Å². The van der Waals surface area contributed by atoms with E-state index >= 15 is 0 Å². The van der Waals surface area contributed by atoms with Crippen LogP contribution in [0.2, 0.25) is 0 Å². The first-order valence-electron chi connectivity index (χ1n) is 9.98. The molecule has 1 atom stereocenters. The summed E-state index contributed by atoms with van der Waals surface area (Å²) in [5.41, 5.74) is -3.94. The predicted molar refractivity (Wildman–Crippen MR) is 108 cm³/mol. The van der Waals surface area contributed by atoms with Crippen LogP contribution in [0.25, 0.3) is 0 Å². The molecule has 0 saturated heterocycles. The van der Waals surface area contributed by atoms with Gasteiger partial charge in [-0.05, 0) is 29.2 Å². The lowest BCUT2D eigenvalue weighted by molar-refractivity contribution is -0.141. The SMILES string of the molecule is COC(c1ccc(C(F)(F)F)nc1)c1cccc2c1CCN(C(=O)CCS(=O)(=O)C(F)(F)F)C2. The van der Waals surface area contributed by atoms with Crippen molar-refractivity contribution in [3.63, 3.8) is 0 Å². The minimum atomic E-state index is -5.42. The first kappa shape index (κ1) is 25.9. The largest absolute Gasteiger partial charge is 0.497 e. The van der Waals surface area contributed by atoms with Crippen LogP contribution in [0.4, 0.5) is 26.3 Å². The van der Waals surface area contributed by atoms with Crippen molar-refractivity contribution < 1.29 is 44.3 Å². The van der Waals surface area contributed by atoms with Crippen LogP contribution in [0.15, 0.2) is 36.5 Å². The molecule has 0 fully saturated rings. The Bertz CT molecular complexity index is 1150. The van der Waals surface area contributed by atoms with Crippen LogP contribution < -0.4 is 0 Å². The van der Waals surface area contributed by atoms with E-state index in [1.54, 1.807) is 18.2 Å². The number of fused-ring (bicyclic) bond motifs is 1. The smallest absolute Gasteiger partial charge is 0.372 e. The quantitative estimate of drug-likeness (QED) is 0.549. The van der Waals surface area contributed by atoms with Crippen LogP contribution in [0.3, 0.4) is 0 Å².